The number of carbonyl (C=O) groups is 4. The smallest absolute Gasteiger partial charge is 0.333 e. The van der Waals surface area contributed by atoms with Gasteiger partial charge in [0.05, 0.1) is 0 Å². The van der Waals surface area contributed by atoms with Crippen molar-refractivity contribution in [2.45, 2.75) is 0 Å². The zero-order valence-electron chi connectivity index (χ0n) is 7.30. The first-order valence-electron chi connectivity index (χ1n) is 3.76. The number of Topliss-reactive ketones (excluding diaryl/α,β-unsaturated/α-hetero) is 1. The van der Waals surface area contributed by atoms with Crippen LogP contribution in [0, 0.1) is 11.8 Å². The molecule has 0 spiro atoms. The van der Waals surface area contributed by atoms with Gasteiger partial charge in [-0.1, -0.05) is 6.58 Å². The molecule has 1 aliphatic rings. The van der Waals surface area contributed by atoms with Crippen LogP contribution in [0.5, 0.6) is 0 Å². The van der Waals surface area contributed by atoms with E-state index in [1.165, 1.54) is 0 Å². The van der Waals surface area contributed by atoms with Crippen LogP contribution in [0.25, 0.3) is 0 Å². The molecule has 0 aromatic carbocycles. The summed E-state index contributed by atoms with van der Waals surface area (Å²) in [7, 11) is 0. The van der Waals surface area contributed by atoms with Crippen molar-refractivity contribution in [2.24, 2.45) is 11.8 Å². The first-order valence-corrected chi connectivity index (χ1v) is 3.76. The minimum Gasteiger partial charge on any atom is -0.480 e. The largest absolute Gasteiger partial charge is 0.480 e. The number of rotatable bonds is 2. The van der Waals surface area contributed by atoms with Gasteiger partial charge >= 0.3 is 17.9 Å². The van der Waals surface area contributed by atoms with Crippen LogP contribution >= 0.6 is 0 Å². The molecular formula is C8H6O7. The lowest BCUT2D eigenvalue weighted by Crippen LogP contribution is -2.45. The van der Waals surface area contributed by atoms with Gasteiger partial charge in [0.25, 0.3) is 0 Å². The van der Waals surface area contributed by atoms with Gasteiger partial charge in [-0.05, 0) is 0 Å². The SMILES string of the molecule is C=C1OC(=O)C(C(=O)O)C(=O)C1C(=O)O. The van der Waals surface area contributed by atoms with E-state index in [2.05, 4.69) is 11.3 Å². The molecule has 7 nitrogen and oxygen atoms in total. The molecule has 2 unspecified atom stereocenters. The molecule has 0 bridgehead atoms. The van der Waals surface area contributed by atoms with Crippen molar-refractivity contribution < 1.29 is 34.1 Å². The quantitative estimate of drug-likeness (QED) is 0.448. The summed E-state index contributed by atoms with van der Waals surface area (Å²) in [6.07, 6.45) is 0. The Bertz CT molecular complexity index is 346. The van der Waals surface area contributed by atoms with E-state index in [0.717, 1.165) is 0 Å². The van der Waals surface area contributed by atoms with Crippen molar-refractivity contribution in [2.75, 3.05) is 0 Å². The Labute approximate surface area is 82.9 Å². The highest BCUT2D eigenvalue weighted by molar-refractivity contribution is 6.21. The van der Waals surface area contributed by atoms with Gasteiger partial charge in [0, 0.05) is 0 Å². The number of cyclic esters (lactones) is 1. The number of ketones is 1. The van der Waals surface area contributed by atoms with Crippen molar-refractivity contribution >= 4 is 23.7 Å². The fourth-order valence-electron chi connectivity index (χ4n) is 1.17. The lowest BCUT2D eigenvalue weighted by molar-refractivity contribution is -0.167. The van der Waals surface area contributed by atoms with E-state index >= 15 is 0 Å². The Morgan fingerprint density at radius 2 is 1.60 bits per heavy atom. The van der Waals surface area contributed by atoms with Gasteiger partial charge in [-0.2, -0.15) is 0 Å². The summed E-state index contributed by atoms with van der Waals surface area (Å²) in [5.41, 5.74) is 0. The number of aliphatic carboxylic acids is 2. The monoisotopic (exact) mass is 214 g/mol. The van der Waals surface area contributed by atoms with Gasteiger partial charge in [0.1, 0.15) is 5.76 Å². The van der Waals surface area contributed by atoms with Crippen molar-refractivity contribution in [1.29, 1.82) is 0 Å². The van der Waals surface area contributed by atoms with E-state index in [4.69, 9.17) is 10.2 Å². The van der Waals surface area contributed by atoms with E-state index in [-0.39, 0.29) is 0 Å². The van der Waals surface area contributed by atoms with E-state index in [9.17, 15) is 19.2 Å². The van der Waals surface area contributed by atoms with Crippen LogP contribution in [-0.2, 0) is 23.9 Å². The molecule has 0 aromatic rings. The Morgan fingerprint density at radius 1 is 1.13 bits per heavy atom. The molecule has 0 radical (unpaired) electrons. The summed E-state index contributed by atoms with van der Waals surface area (Å²) in [4.78, 5) is 43.3. The van der Waals surface area contributed by atoms with E-state index in [1.807, 2.05) is 0 Å². The first kappa shape index (κ1) is 10.9. The van der Waals surface area contributed by atoms with Gasteiger partial charge in [-0.3, -0.25) is 19.2 Å². The Morgan fingerprint density at radius 3 is 2.00 bits per heavy atom. The minimum atomic E-state index is -2.09. The van der Waals surface area contributed by atoms with Crippen molar-refractivity contribution in [1.82, 2.24) is 0 Å². The molecule has 1 heterocycles. The number of hydrogen-bond donors (Lipinski definition) is 2. The van der Waals surface area contributed by atoms with Gasteiger partial charge in [-0.15, -0.1) is 0 Å². The average Bonchev–Trinajstić information content (AvgIpc) is 1.99. The summed E-state index contributed by atoms with van der Waals surface area (Å²) in [6, 6.07) is 0. The Kier molecular flexibility index (Phi) is 2.56. The standard InChI is InChI=1S/C8H6O7/c1-2-3(6(10)11)5(9)4(7(12)13)8(14)15-2/h3-4H,1H2,(H,10,11)(H,12,13). The van der Waals surface area contributed by atoms with Gasteiger partial charge in [0.2, 0.25) is 5.92 Å². The highest BCUT2D eigenvalue weighted by Gasteiger charge is 2.49. The van der Waals surface area contributed by atoms with Crippen LogP contribution in [0.1, 0.15) is 0 Å². The van der Waals surface area contributed by atoms with Gasteiger partial charge in [0.15, 0.2) is 11.7 Å². The molecule has 7 heteroatoms. The third-order valence-electron chi connectivity index (χ3n) is 1.85. The number of hydrogen-bond acceptors (Lipinski definition) is 5. The van der Waals surface area contributed by atoms with Crippen LogP contribution in [-0.4, -0.2) is 33.9 Å². The molecule has 2 atom stereocenters. The van der Waals surface area contributed by atoms with Gasteiger partial charge in [-0.25, -0.2) is 0 Å². The highest BCUT2D eigenvalue weighted by Crippen LogP contribution is 2.25. The maximum absolute atomic E-state index is 11.3. The second-order valence-corrected chi connectivity index (χ2v) is 2.83. The first-order chi connectivity index (χ1) is 6.86. The third kappa shape index (κ3) is 1.71. The zero-order valence-corrected chi connectivity index (χ0v) is 7.30. The fraction of sp³-hybridized carbons (Fsp3) is 0.250. The highest BCUT2D eigenvalue weighted by atomic mass is 16.5. The predicted octanol–water partition coefficient (Wildman–Crippen LogP) is -0.972. The van der Waals surface area contributed by atoms with E-state index in [0.29, 0.717) is 0 Å². The van der Waals surface area contributed by atoms with Crippen LogP contribution in [0.4, 0.5) is 0 Å². The summed E-state index contributed by atoms with van der Waals surface area (Å²) < 4.78 is 4.29. The maximum Gasteiger partial charge on any atom is 0.333 e. The lowest BCUT2D eigenvalue weighted by atomic mass is 9.89. The Hall–Kier alpha value is -2.18. The zero-order chi connectivity index (χ0) is 11.7. The lowest BCUT2D eigenvalue weighted by Gasteiger charge is -2.23. The normalized spacial score (nSPS) is 26.0. The molecule has 1 saturated heterocycles. The van der Waals surface area contributed by atoms with Crippen LogP contribution in [0.15, 0.2) is 12.3 Å². The molecule has 0 amide bonds. The van der Waals surface area contributed by atoms with Crippen molar-refractivity contribution in [3.8, 4) is 0 Å². The number of carboxylic acid groups (broad SMARTS) is 2. The maximum atomic E-state index is 11.3. The molecule has 0 aromatic heterocycles. The van der Waals surface area contributed by atoms with Crippen molar-refractivity contribution in [3.63, 3.8) is 0 Å². The topological polar surface area (TPSA) is 118 Å². The Balaban J connectivity index is 3.10. The van der Waals surface area contributed by atoms with Crippen molar-refractivity contribution in [3.05, 3.63) is 12.3 Å². The van der Waals surface area contributed by atoms with Crippen LogP contribution in [0.2, 0.25) is 0 Å². The van der Waals surface area contributed by atoms with Crippen LogP contribution < -0.4 is 0 Å². The molecule has 1 rings (SSSR count). The predicted molar refractivity (Wildman–Crippen MR) is 42.5 cm³/mol. The molecule has 1 aliphatic heterocycles. The second-order valence-electron chi connectivity index (χ2n) is 2.83. The second kappa shape index (κ2) is 3.52. The van der Waals surface area contributed by atoms with E-state index in [1.54, 1.807) is 0 Å². The van der Waals surface area contributed by atoms with E-state index < -0.39 is 41.3 Å². The molecule has 0 saturated carbocycles. The summed E-state index contributed by atoms with van der Waals surface area (Å²) >= 11 is 0. The van der Waals surface area contributed by atoms with Crippen LogP contribution in [0.3, 0.4) is 0 Å². The number of ether oxygens (including phenoxy) is 1. The molecule has 80 valence electrons. The molecule has 0 aliphatic carbocycles. The number of carboxylic acids is 2. The summed E-state index contributed by atoms with van der Waals surface area (Å²) in [5, 5.41) is 17.1. The fourth-order valence-corrected chi connectivity index (χ4v) is 1.17. The summed E-state index contributed by atoms with van der Waals surface area (Å²) in [5.74, 6) is -10.3. The molecular weight excluding hydrogens is 208 g/mol. The molecule has 1 fully saturated rings. The summed E-state index contributed by atoms with van der Waals surface area (Å²) in [6.45, 7) is 3.07. The van der Waals surface area contributed by atoms with Gasteiger partial charge < -0.3 is 14.9 Å². The molecule has 2 N–H and O–H groups in total. The third-order valence-corrected chi connectivity index (χ3v) is 1.85. The number of esters is 1. The number of carbonyl (C=O) groups excluding carboxylic acids is 2. The minimum absolute atomic E-state index is 0.560. The molecule has 15 heavy (non-hydrogen) atoms. The average molecular weight is 214 g/mol.